The third-order valence-corrected chi connectivity index (χ3v) is 6.06. The molecular formula is C23H28ClN3O2. The summed E-state index contributed by atoms with van der Waals surface area (Å²) in [5.41, 5.74) is 8.34. The second-order valence-corrected chi connectivity index (χ2v) is 7.92. The SMILES string of the molecule is Cl.NC[C@@H]1CN(C(=O)C2CC(=O)N(Cc3ccccc3)C2)C[C@H]1c1ccccc1. The number of amides is 2. The monoisotopic (exact) mass is 413 g/mol. The summed E-state index contributed by atoms with van der Waals surface area (Å²) in [6.45, 7) is 3.01. The van der Waals surface area contributed by atoms with Crippen LogP contribution in [0.4, 0.5) is 0 Å². The Hall–Kier alpha value is -2.37. The summed E-state index contributed by atoms with van der Waals surface area (Å²) in [7, 11) is 0. The number of hydrogen-bond donors (Lipinski definition) is 1. The Labute approximate surface area is 178 Å². The van der Waals surface area contributed by atoms with Crippen molar-refractivity contribution in [3.05, 3.63) is 71.8 Å². The Balaban J connectivity index is 0.00000240. The van der Waals surface area contributed by atoms with E-state index in [0.717, 1.165) is 5.56 Å². The van der Waals surface area contributed by atoms with Crippen molar-refractivity contribution < 1.29 is 9.59 Å². The number of likely N-dealkylation sites (tertiary alicyclic amines) is 2. The molecule has 0 aliphatic carbocycles. The van der Waals surface area contributed by atoms with Gasteiger partial charge in [0.05, 0.1) is 5.92 Å². The van der Waals surface area contributed by atoms with E-state index >= 15 is 0 Å². The van der Waals surface area contributed by atoms with Crippen molar-refractivity contribution in [1.82, 2.24) is 9.80 Å². The van der Waals surface area contributed by atoms with Gasteiger partial charge in [-0.25, -0.2) is 0 Å². The van der Waals surface area contributed by atoms with E-state index in [9.17, 15) is 9.59 Å². The first-order valence-electron chi connectivity index (χ1n) is 10.0. The fourth-order valence-electron chi connectivity index (χ4n) is 4.52. The van der Waals surface area contributed by atoms with Gasteiger partial charge in [0, 0.05) is 38.5 Å². The second-order valence-electron chi connectivity index (χ2n) is 7.92. The minimum Gasteiger partial charge on any atom is -0.341 e. The molecule has 2 amide bonds. The van der Waals surface area contributed by atoms with Crippen molar-refractivity contribution in [1.29, 1.82) is 0 Å². The van der Waals surface area contributed by atoms with E-state index in [1.54, 1.807) is 0 Å². The summed E-state index contributed by atoms with van der Waals surface area (Å²) >= 11 is 0. The molecule has 154 valence electrons. The van der Waals surface area contributed by atoms with E-state index in [2.05, 4.69) is 12.1 Å². The topological polar surface area (TPSA) is 66.6 Å². The van der Waals surface area contributed by atoms with Crippen molar-refractivity contribution in [2.24, 2.45) is 17.6 Å². The van der Waals surface area contributed by atoms with Crippen LogP contribution in [0.5, 0.6) is 0 Å². The van der Waals surface area contributed by atoms with Gasteiger partial charge in [-0.2, -0.15) is 0 Å². The highest BCUT2D eigenvalue weighted by atomic mass is 35.5. The lowest BCUT2D eigenvalue weighted by molar-refractivity contribution is -0.135. The molecule has 0 saturated carbocycles. The van der Waals surface area contributed by atoms with Crippen LogP contribution in [0.3, 0.4) is 0 Å². The Morgan fingerprint density at radius 2 is 1.62 bits per heavy atom. The first-order valence-corrected chi connectivity index (χ1v) is 10.0. The first-order chi connectivity index (χ1) is 13.7. The predicted molar refractivity (Wildman–Crippen MR) is 116 cm³/mol. The zero-order valence-corrected chi connectivity index (χ0v) is 17.3. The molecule has 4 rings (SSSR count). The van der Waals surface area contributed by atoms with Gasteiger partial charge in [-0.05, 0) is 23.6 Å². The van der Waals surface area contributed by atoms with E-state index in [1.807, 2.05) is 58.3 Å². The molecule has 3 atom stereocenters. The molecule has 0 spiro atoms. The van der Waals surface area contributed by atoms with Crippen LogP contribution in [0.15, 0.2) is 60.7 Å². The molecule has 29 heavy (non-hydrogen) atoms. The van der Waals surface area contributed by atoms with Gasteiger partial charge in [0.1, 0.15) is 0 Å². The number of carbonyl (C=O) groups is 2. The maximum absolute atomic E-state index is 13.1. The van der Waals surface area contributed by atoms with Crippen molar-refractivity contribution >= 4 is 24.2 Å². The van der Waals surface area contributed by atoms with Gasteiger partial charge in [0.2, 0.25) is 11.8 Å². The quantitative estimate of drug-likeness (QED) is 0.819. The molecule has 2 N–H and O–H groups in total. The normalized spacial score (nSPS) is 23.9. The lowest BCUT2D eigenvalue weighted by atomic mass is 9.89. The Morgan fingerprint density at radius 3 is 2.28 bits per heavy atom. The van der Waals surface area contributed by atoms with E-state index in [4.69, 9.17) is 5.73 Å². The molecule has 2 aliphatic heterocycles. The van der Waals surface area contributed by atoms with Crippen molar-refractivity contribution in [3.8, 4) is 0 Å². The molecule has 2 heterocycles. The smallest absolute Gasteiger partial charge is 0.228 e. The molecule has 6 heteroatoms. The Kier molecular flexibility index (Phi) is 6.93. The lowest BCUT2D eigenvalue weighted by Crippen LogP contribution is -2.36. The minimum atomic E-state index is -0.246. The summed E-state index contributed by atoms with van der Waals surface area (Å²) in [6, 6.07) is 20.2. The largest absolute Gasteiger partial charge is 0.341 e. The van der Waals surface area contributed by atoms with Crippen LogP contribution in [0, 0.1) is 11.8 Å². The van der Waals surface area contributed by atoms with Crippen LogP contribution in [-0.4, -0.2) is 47.8 Å². The Morgan fingerprint density at radius 1 is 0.966 bits per heavy atom. The molecule has 0 bridgehead atoms. The van der Waals surface area contributed by atoms with Crippen molar-refractivity contribution in [2.45, 2.75) is 18.9 Å². The van der Waals surface area contributed by atoms with Gasteiger partial charge in [-0.15, -0.1) is 12.4 Å². The van der Waals surface area contributed by atoms with Crippen LogP contribution < -0.4 is 5.73 Å². The van der Waals surface area contributed by atoms with Crippen molar-refractivity contribution in [2.75, 3.05) is 26.2 Å². The molecule has 2 aromatic carbocycles. The summed E-state index contributed by atoms with van der Waals surface area (Å²) in [6.07, 6.45) is 0.311. The highest BCUT2D eigenvalue weighted by molar-refractivity contribution is 5.89. The number of rotatable bonds is 5. The van der Waals surface area contributed by atoms with Crippen LogP contribution in [0.2, 0.25) is 0 Å². The number of nitrogens with two attached hydrogens (primary N) is 1. The molecular weight excluding hydrogens is 386 g/mol. The predicted octanol–water partition coefficient (Wildman–Crippen LogP) is 2.66. The third kappa shape index (κ3) is 4.62. The summed E-state index contributed by atoms with van der Waals surface area (Å²) in [5, 5.41) is 0. The minimum absolute atomic E-state index is 0. The summed E-state index contributed by atoms with van der Waals surface area (Å²) < 4.78 is 0. The van der Waals surface area contributed by atoms with Crippen LogP contribution in [0.25, 0.3) is 0 Å². The number of nitrogens with zero attached hydrogens (tertiary/aromatic N) is 2. The second kappa shape index (κ2) is 9.42. The molecule has 0 radical (unpaired) electrons. The average molecular weight is 414 g/mol. The number of halogens is 1. The van der Waals surface area contributed by atoms with Crippen LogP contribution in [-0.2, 0) is 16.1 Å². The van der Waals surface area contributed by atoms with Crippen molar-refractivity contribution in [3.63, 3.8) is 0 Å². The molecule has 2 saturated heterocycles. The average Bonchev–Trinajstić information content (AvgIpc) is 3.33. The zero-order chi connectivity index (χ0) is 19.5. The van der Waals surface area contributed by atoms with Gasteiger partial charge in [0.15, 0.2) is 0 Å². The summed E-state index contributed by atoms with van der Waals surface area (Å²) in [4.78, 5) is 29.3. The lowest BCUT2D eigenvalue weighted by Gasteiger charge is -2.21. The fourth-order valence-corrected chi connectivity index (χ4v) is 4.52. The maximum atomic E-state index is 13.1. The molecule has 5 nitrogen and oxygen atoms in total. The standard InChI is InChI=1S/C23H27N3O2.ClH/c24-12-20-15-26(16-21(20)18-9-5-2-6-10-18)23(28)19-11-22(27)25(14-19)13-17-7-3-1-4-8-17;/h1-10,19-21H,11-16,24H2;1H/t19?,20-,21+;/m1./s1. The van der Waals surface area contributed by atoms with Crippen LogP contribution >= 0.6 is 12.4 Å². The third-order valence-electron chi connectivity index (χ3n) is 6.06. The van der Waals surface area contributed by atoms with E-state index < -0.39 is 0 Å². The number of carbonyl (C=O) groups excluding carboxylic acids is 2. The zero-order valence-electron chi connectivity index (χ0n) is 16.4. The molecule has 1 unspecified atom stereocenters. The molecule has 0 aromatic heterocycles. The highest BCUT2D eigenvalue weighted by Gasteiger charge is 2.41. The van der Waals surface area contributed by atoms with Gasteiger partial charge >= 0.3 is 0 Å². The summed E-state index contributed by atoms with van der Waals surface area (Å²) in [5.74, 6) is 0.456. The number of benzene rings is 2. The highest BCUT2D eigenvalue weighted by Crippen LogP contribution is 2.34. The van der Waals surface area contributed by atoms with Gasteiger partial charge < -0.3 is 15.5 Å². The maximum Gasteiger partial charge on any atom is 0.228 e. The fraction of sp³-hybridized carbons (Fsp3) is 0.391. The Bertz CT molecular complexity index is 831. The van der Waals surface area contributed by atoms with Gasteiger partial charge in [0.25, 0.3) is 0 Å². The molecule has 2 aliphatic rings. The van der Waals surface area contributed by atoms with Crippen LogP contribution in [0.1, 0.15) is 23.5 Å². The van der Waals surface area contributed by atoms with E-state index in [0.29, 0.717) is 39.1 Å². The van der Waals surface area contributed by atoms with Gasteiger partial charge in [-0.3, -0.25) is 9.59 Å². The molecule has 2 aromatic rings. The van der Waals surface area contributed by atoms with E-state index in [1.165, 1.54) is 5.56 Å². The molecule has 2 fully saturated rings. The van der Waals surface area contributed by atoms with E-state index in [-0.39, 0.29) is 42.0 Å². The first kappa shape index (κ1) is 21.3. The van der Waals surface area contributed by atoms with Gasteiger partial charge in [-0.1, -0.05) is 60.7 Å². The number of hydrogen-bond acceptors (Lipinski definition) is 3.